The highest BCUT2D eigenvalue weighted by Gasteiger charge is 2.59. The summed E-state index contributed by atoms with van der Waals surface area (Å²) in [5, 5.41) is 0. The number of carbonyl (C=O) groups is 3. The molecule has 0 N–H and O–H groups in total. The van der Waals surface area contributed by atoms with E-state index in [2.05, 4.69) is 0 Å². The Kier molecular flexibility index (Phi) is 4.75. The second-order valence-electron chi connectivity index (χ2n) is 6.52. The molecule has 25 heavy (non-hydrogen) atoms. The Bertz CT molecular complexity index is 701. The molecule has 0 bridgehead atoms. The second kappa shape index (κ2) is 6.82. The van der Waals surface area contributed by atoms with Gasteiger partial charge in [0.05, 0.1) is 19.1 Å². The van der Waals surface area contributed by atoms with Gasteiger partial charge in [0.25, 0.3) is 0 Å². The number of hydrogen-bond donors (Lipinski definition) is 0. The van der Waals surface area contributed by atoms with E-state index in [1.54, 1.807) is 19.9 Å². The van der Waals surface area contributed by atoms with Crippen LogP contribution in [-0.2, 0) is 23.9 Å². The Balaban J connectivity index is 1.95. The van der Waals surface area contributed by atoms with Gasteiger partial charge in [-0.3, -0.25) is 14.4 Å². The lowest BCUT2D eigenvalue weighted by molar-refractivity contribution is -0.172. The normalized spacial score (nSPS) is 23.8. The summed E-state index contributed by atoms with van der Waals surface area (Å²) >= 11 is 0. The highest BCUT2D eigenvalue weighted by Crippen LogP contribution is 2.55. The number of fused-ring (bicyclic) bond motifs is 1. The maximum absolute atomic E-state index is 12.6. The summed E-state index contributed by atoms with van der Waals surface area (Å²) in [6.45, 7) is 3.82. The second-order valence-corrected chi connectivity index (χ2v) is 6.52. The minimum absolute atomic E-state index is 0.0347. The number of ketones is 1. The molecule has 132 valence electrons. The van der Waals surface area contributed by atoms with Crippen molar-refractivity contribution in [1.29, 1.82) is 0 Å². The van der Waals surface area contributed by atoms with Crippen LogP contribution in [0.15, 0.2) is 42.0 Å². The van der Waals surface area contributed by atoms with E-state index in [0.717, 1.165) is 11.1 Å². The molecule has 1 saturated carbocycles. The van der Waals surface area contributed by atoms with Gasteiger partial charge in [0.1, 0.15) is 0 Å². The van der Waals surface area contributed by atoms with Crippen molar-refractivity contribution in [3.05, 3.63) is 47.5 Å². The summed E-state index contributed by atoms with van der Waals surface area (Å²) in [7, 11) is 0. The highest BCUT2D eigenvalue weighted by molar-refractivity contribution is 6.04. The number of allylic oxidation sites excluding steroid dienone is 2. The molecule has 1 aromatic carbocycles. The molecule has 5 nitrogen and oxygen atoms in total. The average Bonchev–Trinajstić information content (AvgIpc) is 3.10. The van der Waals surface area contributed by atoms with Gasteiger partial charge in [0.15, 0.2) is 11.2 Å². The van der Waals surface area contributed by atoms with Crippen molar-refractivity contribution in [3.63, 3.8) is 0 Å². The monoisotopic (exact) mass is 342 g/mol. The van der Waals surface area contributed by atoms with E-state index in [-0.39, 0.29) is 43.7 Å². The van der Waals surface area contributed by atoms with Crippen LogP contribution in [-0.4, -0.2) is 30.9 Å². The number of carbonyl (C=O) groups excluding carboxylic acids is 3. The third-order valence-corrected chi connectivity index (χ3v) is 5.08. The Labute approximate surface area is 147 Å². The van der Waals surface area contributed by atoms with E-state index in [0.29, 0.717) is 0 Å². The molecule has 0 amide bonds. The molecule has 3 rings (SSSR count). The molecule has 0 aromatic heterocycles. The quantitative estimate of drug-likeness (QED) is 0.608. The van der Waals surface area contributed by atoms with Crippen molar-refractivity contribution in [1.82, 2.24) is 0 Å². The molecule has 1 fully saturated rings. The fraction of sp³-hybridized carbons (Fsp3) is 0.450. The summed E-state index contributed by atoms with van der Waals surface area (Å²) in [6.07, 6.45) is 2.05. The van der Waals surface area contributed by atoms with Crippen LogP contribution in [0.3, 0.4) is 0 Å². The molecule has 0 radical (unpaired) electrons. The summed E-state index contributed by atoms with van der Waals surface area (Å²) in [4.78, 5) is 37.7. The molecule has 5 heteroatoms. The first-order valence-electron chi connectivity index (χ1n) is 8.67. The number of rotatable bonds is 5. The van der Waals surface area contributed by atoms with E-state index in [4.69, 9.17) is 9.47 Å². The molecule has 2 aliphatic rings. The Hall–Kier alpha value is -2.43. The van der Waals surface area contributed by atoms with Crippen LogP contribution in [0.2, 0.25) is 0 Å². The van der Waals surface area contributed by atoms with Crippen molar-refractivity contribution in [3.8, 4) is 0 Å². The Morgan fingerprint density at radius 1 is 1.08 bits per heavy atom. The van der Waals surface area contributed by atoms with Crippen LogP contribution in [0, 0.1) is 11.3 Å². The van der Waals surface area contributed by atoms with Gasteiger partial charge in [0.2, 0.25) is 0 Å². The summed E-state index contributed by atoms with van der Waals surface area (Å²) in [5.74, 6) is -1.58. The Morgan fingerprint density at radius 3 is 2.24 bits per heavy atom. The SMILES string of the molecule is CCOC(=O)C1(C(=O)OCC)CC2=CC(=O)C(c3ccccc3)C2C1. The first-order valence-corrected chi connectivity index (χ1v) is 8.67. The predicted molar refractivity (Wildman–Crippen MR) is 90.7 cm³/mol. The Morgan fingerprint density at radius 2 is 1.68 bits per heavy atom. The zero-order valence-electron chi connectivity index (χ0n) is 14.5. The average molecular weight is 342 g/mol. The summed E-state index contributed by atoms with van der Waals surface area (Å²) < 4.78 is 10.4. The molecule has 0 heterocycles. The van der Waals surface area contributed by atoms with Crippen LogP contribution < -0.4 is 0 Å². The third-order valence-electron chi connectivity index (χ3n) is 5.08. The number of esters is 2. The van der Waals surface area contributed by atoms with Crippen molar-refractivity contribution in [2.24, 2.45) is 11.3 Å². The molecule has 2 aliphatic carbocycles. The molecule has 2 atom stereocenters. The minimum atomic E-state index is -1.34. The first kappa shape index (κ1) is 17.4. The molecule has 0 saturated heterocycles. The van der Waals surface area contributed by atoms with Crippen LogP contribution in [0.4, 0.5) is 0 Å². The standard InChI is InChI=1S/C20H22O5/c1-3-24-18(22)20(19(23)25-4-2)11-14-10-16(21)17(15(14)12-20)13-8-6-5-7-9-13/h5-10,15,17H,3-4,11-12H2,1-2H3. The van der Waals surface area contributed by atoms with Crippen molar-refractivity contribution in [2.45, 2.75) is 32.6 Å². The van der Waals surface area contributed by atoms with E-state index < -0.39 is 17.4 Å². The van der Waals surface area contributed by atoms with Gasteiger partial charge in [0, 0.05) is 0 Å². The van der Waals surface area contributed by atoms with E-state index in [1.807, 2.05) is 30.3 Å². The molecule has 1 aromatic rings. The van der Waals surface area contributed by atoms with Crippen LogP contribution in [0.25, 0.3) is 0 Å². The summed E-state index contributed by atoms with van der Waals surface area (Å²) in [6, 6.07) is 9.49. The maximum Gasteiger partial charge on any atom is 0.323 e. The van der Waals surface area contributed by atoms with Crippen molar-refractivity contribution >= 4 is 17.7 Å². The smallest absolute Gasteiger partial charge is 0.323 e. The van der Waals surface area contributed by atoms with Gasteiger partial charge in [-0.25, -0.2) is 0 Å². The van der Waals surface area contributed by atoms with Crippen LogP contribution in [0.5, 0.6) is 0 Å². The fourth-order valence-corrected chi connectivity index (χ4v) is 4.01. The molecule has 0 spiro atoms. The maximum atomic E-state index is 12.6. The van der Waals surface area contributed by atoms with E-state index >= 15 is 0 Å². The van der Waals surface area contributed by atoms with Crippen LogP contribution >= 0.6 is 0 Å². The van der Waals surface area contributed by atoms with Crippen LogP contribution in [0.1, 0.15) is 38.2 Å². The van der Waals surface area contributed by atoms with E-state index in [1.165, 1.54) is 0 Å². The molecular formula is C20H22O5. The van der Waals surface area contributed by atoms with E-state index in [9.17, 15) is 14.4 Å². The minimum Gasteiger partial charge on any atom is -0.465 e. The van der Waals surface area contributed by atoms with Gasteiger partial charge in [-0.2, -0.15) is 0 Å². The lowest BCUT2D eigenvalue weighted by Gasteiger charge is -2.25. The highest BCUT2D eigenvalue weighted by atomic mass is 16.6. The lowest BCUT2D eigenvalue weighted by Crippen LogP contribution is -2.40. The van der Waals surface area contributed by atoms with Gasteiger partial charge in [-0.05, 0) is 44.2 Å². The number of benzene rings is 1. The molecule has 0 aliphatic heterocycles. The topological polar surface area (TPSA) is 69.7 Å². The van der Waals surface area contributed by atoms with Gasteiger partial charge < -0.3 is 9.47 Å². The number of ether oxygens (including phenoxy) is 2. The first-order chi connectivity index (χ1) is 12.0. The summed E-state index contributed by atoms with van der Waals surface area (Å²) in [5.41, 5.74) is 0.420. The third kappa shape index (κ3) is 2.88. The predicted octanol–water partition coefficient (Wildman–Crippen LogP) is 2.80. The zero-order valence-corrected chi connectivity index (χ0v) is 14.5. The number of hydrogen-bond acceptors (Lipinski definition) is 5. The van der Waals surface area contributed by atoms with Gasteiger partial charge >= 0.3 is 11.9 Å². The largest absolute Gasteiger partial charge is 0.465 e. The van der Waals surface area contributed by atoms with Gasteiger partial charge in [-0.15, -0.1) is 0 Å². The molecular weight excluding hydrogens is 320 g/mol. The van der Waals surface area contributed by atoms with Crippen molar-refractivity contribution < 1.29 is 23.9 Å². The fourth-order valence-electron chi connectivity index (χ4n) is 4.01. The zero-order chi connectivity index (χ0) is 18.0. The van der Waals surface area contributed by atoms with Crippen molar-refractivity contribution in [2.75, 3.05) is 13.2 Å². The lowest BCUT2D eigenvalue weighted by atomic mass is 9.80. The molecule has 2 unspecified atom stereocenters. The van der Waals surface area contributed by atoms with Gasteiger partial charge in [-0.1, -0.05) is 35.9 Å².